The highest BCUT2D eigenvalue weighted by Crippen LogP contribution is 2.36. The number of hydrogen-bond donors (Lipinski definition) is 1. The van der Waals surface area contributed by atoms with Gasteiger partial charge in [0.25, 0.3) is 0 Å². The van der Waals surface area contributed by atoms with Crippen molar-refractivity contribution < 1.29 is 32.6 Å². The lowest BCUT2D eigenvalue weighted by Gasteiger charge is -2.37. The van der Waals surface area contributed by atoms with Crippen molar-refractivity contribution in [2.75, 3.05) is 19.7 Å². The van der Waals surface area contributed by atoms with Crippen molar-refractivity contribution in [1.29, 1.82) is 0 Å². The molecule has 0 aromatic carbocycles. The maximum absolute atomic E-state index is 12.6. The van der Waals surface area contributed by atoms with Crippen LogP contribution in [0.2, 0.25) is 0 Å². The lowest BCUT2D eigenvalue weighted by atomic mass is 9.83. The summed E-state index contributed by atoms with van der Waals surface area (Å²) in [4.78, 5) is 25.6. The lowest BCUT2D eigenvalue weighted by molar-refractivity contribution is -0.165. The number of rotatable bonds is 5. The highest BCUT2D eigenvalue weighted by molar-refractivity contribution is 6.02. The fourth-order valence-corrected chi connectivity index (χ4v) is 3.00. The van der Waals surface area contributed by atoms with Gasteiger partial charge < -0.3 is 14.7 Å². The van der Waals surface area contributed by atoms with E-state index in [0.717, 1.165) is 0 Å². The third kappa shape index (κ3) is 4.25. The molecule has 1 amide bonds. The van der Waals surface area contributed by atoms with Crippen molar-refractivity contribution in [3.05, 3.63) is 12.2 Å². The van der Waals surface area contributed by atoms with E-state index in [2.05, 4.69) is 0 Å². The monoisotopic (exact) mass is 335 g/mol. The summed E-state index contributed by atoms with van der Waals surface area (Å²) >= 11 is 0. The predicted molar refractivity (Wildman–Crippen MR) is 74.7 cm³/mol. The van der Waals surface area contributed by atoms with E-state index in [0.29, 0.717) is 19.4 Å². The number of amides is 1. The Morgan fingerprint density at radius 1 is 1.30 bits per heavy atom. The van der Waals surface area contributed by atoms with E-state index in [1.165, 1.54) is 4.90 Å². The Labute approximate surface area is 132 Å². The fraction of sp³-hybridized carbons (Fsp3) is 0.733. The molecule has 23 heavy (non-hydrogen) atoms. The molecule has 1 heterocycles. The van der Waals surface area contributed by atoms with Gasteiger partial charge >= 0.3 is 12.1 Å². The Morgan fingerprint density at radius 3 is 2.52 bits per heavy atom. The molecule has 0 aromatic heterocycles. The molecule has 0 bridgehead atoms. The molecule has 1 saturated heterocycles. The molecule has 1 fully saturated rings. The van der Waals surface area contributed by atoms with Crippen molar-refractivity contribution in [3.8, 4) is 0 Å². The van der Waals surface area contributed by atoms with Gasteiger partial charge in [-0.25, -0.2) is 0 Å². The van der Waals surface area contributed by atoms with Crippen LogP contribution >= 0.6 is 0 Å². The molecule has 1 N–H and O–H groups in total. The molecular formula is C15H20F3NO4. The highest BCUT2D eigenvalue weighted by atomic mass is 19.4. The zero-order valence-corrected chi connectivity index (χ0v) is 12.6. The van der Waals surface area contributed by atoms with E-state index in [-0.39, 0.29) is 19.4 Å². The van der Waals surface area contributed by atoms with Gasteiger partial charge in [-0.3, -0.25) is 9.59 Å². The van der Waals surface area contributed by atoms with Crippen LogP contribution in [0.15, 0.2) is 12.2 Å². The van der Waals surface area contributed by atoms with Crippen molar-refractivity contribution >= 4 is 11.9 Å². The van der Waals surface area contributed by atoms with Gasteiger partial charge in [0.15, 0.2) is 5.41 Å². The van der Waals surface area contributed by atoms with Crippen LogP contribution in [0.3, 0.4) is 0 Å². The fourth-order valence-electron chi connectivity index (χ4n) is 3.00. The van der Waals surface area contributed by atoms with E-state index in [1.807, 2.05) is 0 Å². The van der Waals surface area contributed by atoms with E-state index in [9.17, 15) is 27.9 Å². The molecule has 8 heteroatoms. The number of carboxylic acids is 1. The van der Waals surface area contributed by atoms with Crippen LogP contribution in [-0.2, 0) is 14.3 Å². The average molecular weight is 335 g/mol. The molecule has 5 nitrogen and oxygen atoms in total. The molecule has 0 radical (unpaired) electrons. The zero-order valence-electron chi connectivity index (χ0n) is 12.6. The number of nitrogens with zero attached hydrogens (tertiary/aromatic N) is 1. The van der Waals surface area contributed by atoms with Crippen LogP contribution in [0.1, 0.15) is 32.1 Å². The van der Waals surface area contributed by atoms with Crippen LogP contribution < -0.4 is 0 Å². The molecule has 0 spiro atoms. The van der Waals surface area contributed by atoms with Crippen LogP contribution in [0.5, 0.6) is 0 Å². The molecule has 1 aliphatic heterocycles. The molecule has 2 rings (SSSR count). The number of alkyl halides is 3. The Kier molecular flexibility index (Phi) is 5.33. The molecule has 130 valence electrons. The number of carboxylic acid groups (broad SMARTS) is 1. The number of carbonyl (C=O) groups excluding carboxylic acids is 1. The van der Waals surface area contributed by atoms with Crippen molar-refractivity contribution in [1.82, 2.24) is 4.90 Å². The lowest BCUT2D eigenvalue weighted by Crippen LogP contribution is -2.52. The minimum atomic E-state index is -4.27. The van der Waals surface area contributed by atoms with Crippen molar-refractivity contribution in [3.63, 3.8) is 0 Å². The zero-order chi connectivity index (χ0) is 17.1. The van der Waals surface area contributed by atoms with Crippen LogP contribution in [0.4, 0.5) is 13.2 Å². The van der Waals surface area contributed by atoms with Gasteiger partial charge in [-0.15, -0.1) is 0 Å². The van der Waals surface area contributed by atoms with E-state index >= 15 is 0 Å². The first-order valence-electron chi connectivity index (χ1n) is 7.61. The number of aliphatic carboxylic acids is 1. The Balaban J connectivity index is 1.92. The second kappa shape index (κ2) is 6.90. The van der Waals surface area contributed by atoms with Crippen LogP contribution in [-0.4, -0.2) is 53.9 Å². The number of ether oxygens (including phenoxy) is 1. The minimum absolute atomic E-state index is 0.145. The van der Waals surface area contributed by atoms with E-state index in [4.69, 9.17) is 4.74 Å². The first kappa shape index (κ1) is 17.8. The summed E-state index contributed by atoms with van der Waals surface area (Å²) in [6.45, 7) is 0.112. The molecular weight excluding hydrogens is 315 g/mol. The summed E-state index contributed by atoms with van der Waals surface area (Å²) in [5.41, 5.74) is -1.46. The van der Waals surface area contributed by atoms with Gasteiger partial charge in [-0.2, -0.15) is 13.2 Å². The standard InChI is InChI=1S/C15H20F3NO4/c16-15(17,18)7-9-23-11-4-3-8-19(10-11)12(20)14(13(21)22)5-1-2-6-14/h1-2,11H,3-10H2,(H,21,22). The van der Waals surface area contributed by atoms with Crippen molar-refractivity contribution in [2.45, 2.75) is 44.4 Å². The Bertz CT molecular complexity index is 482. The minimum Gasteiger partial charge on any atom is -0.480 e. The van der Waals surface area contributed by atoms with E-state index in [1.54, 1.807) is 12.2 Å². The predicted octanol–water partition coefficient (Wildman–Crippen LogP) is 2.37. The van der Waals surface area contributed by atoms with Gasteiger partial charge in [0.05, 0.1) is 19.1 Å². The second-order valence-corrected chi connectivity index (χ2v) is 6.02. The number of piperidine rings is 1. The number of carbonyl (C=O) groups is 2. The summed E-state index contributed by atoms with van der Waals surface area (Å²) in [6, 6.07) is 0. The number of allylic oxidation sites excluding steroid dienone is 2. The molecule has 1 unspecified atom stereocenters. The maximum atomic E-state index is 12.6. The van der Waals surface area contributed by atoms with Gasteiger partial charge in [0, 0.05) is 13.1 Å². The van der Waals surface area contributed by atoms with Gasteiger partial charge in [0.2, 0.25) is 5.91 Å². The SMILES string of the molecule is O=C(O)C1(C(=O)N2CCCC(OCCC(F)(F)F)C2)CC=CC1. The highest BCUT2D eigenvalue weighted by Gasteiger charge is 2.49. The summed E-state index contributed by atoms with van der Waals surface area (Å²) < 4.78 is 41.6. The molecule has 0 aromatic rings. The van der Waals surface area contributed by atoms with Gasteiger partial charge in [0.1, 0.15) is 0 Å². The Hall–Kier alpha value is -1.57. The van der Waals surface area contributed by atoms with Gasteiger partial charge in [-0.1, -0.05) is 12.2 Å². The number of halogens is 3. The molecule has 1 atom stereocenters. The number of likely N-dealkylation sites (tertiary alicyclic amines) is 1. The summed E-state index contributed by atoms with van der Waals surface area (Å²) in [7, 11) is 0. The van der Waals surface area contributed by atoms with Crippen LogP contribution in [0.25, 0.3) is 0 Å². The molecule has 0 saturated carbocycles. The van der Waals surface area contributed by atoms with Crippen LogP contribution in [0, 0.1) is 5.41 Å². The summed E-state index contributed by atoms with van der Waals surface area (Å²) in [6.07, 6.45) is -0.969. The smallest absolute Gasteiger partial charge is 0.391 e. The molecule has 1 aliphatic carbocycles. The topological polar surface area (TPSA) is 66.8 Å². The third-order valence-corrected chi connectivity index (χ3v) is 4.32. The Morgan fingerprint density at radius 2 is 1.96 bits per heavy atom. The van der Waals surface area contributed by atoms with Crippen molar-refractivity contribution in [2.24, 2.45) is 5.41 Å². The van der Waals surface area contributed by atoms with Gasteiger partial charge in [-0.05, 0) is 25.7 Å². The first-order valence-corrected chi connectivity index (χ1v) is 7.61. The summed E-state index contributed by atoms with van der Waals surface area (Å²) in [5, 5.41) is 9.42. The molecule has 2 aliphatic rings. The van der Waals surface area contributed by atoms with E-state index < -0.39 is 42.6 Å². The average Bonchev–Trinajstić information content (AvgIpc) is 2.96. The number of hydrogen-bond acceptors (Lipinski definition) is 3. The normalized spacial score (nSPS) is 24.0. The second-order valence-electron chi connectivity index (χ2n) is 6.02. The summed E-state index contributed by atoms with van der Waals surface area (Å²) in [5.74, 6) is -1.63. The first-order chi connectivity index (χ1) is 10.7. The largest absolute Gasteiger partial charge is 0.480 e. The third-order valence-electron chi connectivity index (χ3n) is 4.32. The maximum Gasteiger partial charge on any atom is 0.391 e. The quantitative estimate of drug-likeness (QED) is 0.619.